The normalized spacial score (nSPS) is 28.7. The van der Waals surface area contributed by atoms with Crippen molar-refractivity contribution < 1.29 is 5.11 Å². The number of phenolic OH excluding ortho intramolecular Hbond substituents is 1. The molecule has 188 valence electrons. The molecular formula is C29H42Cl2N2O. The highest BCUT2D eigenvalue weighted by Gasteiger charge is 2.51. The molecule has 5 heteroatoms. The first-order valence-corrected chi connectivity index (χ1v) is 12.8. The monoisotopic (exact) mass is 504 g/mol. The van der Waals surface area contributed by atoms with Crippen molar-refractivity contribution in [3.05, 3.63) is 65.7 Å². The summed E-state index contributed by atoms with van der Waals surface area (Å²) < 4.78 is 0. The average molecular weight is 506 g/mol. The van der Waals surface area contributed by atoms with Crippen LogP contribution in [0.4, 0.5) is 0 Å². The highest BCUT2D eigenvalue weighted by Crippen LogP contribution is 2.51. The maximum atomic E-state index is 10.3. The van der Waals surface area contributed by atoms with E-state index in [0.717, 1.165) is 5.92 Å². The summed E-state index contributed by atoms with van der Waals surface area (Å²) in [6.45, 7) is 6.09. The third-order valence-corrected chi connectivity index (χ3v) is 8.75. The molecule has 0 spiro atoms. The molecule has 0 unspecified atom stereocenters. The Morgan fingerprint density at radius 1 is 1.03 bits per heavy atom. The third-order valence-electron chi connectivity index (χ3n) is 8.75. The molecule has 34 heavy (non-hydrogen) atoms. The summed E-state index contributed by atoms with van der Waals surface area (Å²) in [6.07, 6.45) is 8.99. The van der Waals surface area contributed by atoms with Crippen LogP contribution in [0.1, 0.15) is 56.6 Å². The van der Waals surface area contributed by atoms with Crippen molar-refractivity contribution in [3.8, 4) is 5.75 Å². The summed E-state index contributed by atoms with van der Waals surface area (Å²) in [5, 5.41) is 10.3. The molecule has 2 bridgehead atoms. The molecule has 1 aliphatic heterocycles. The molecular weight excluding hydrogens is 463 g/mol. The van der Waals surface area contributed by atoms with E-state index in [1.54, 1.807) is 0 Å². The van der Waals surface area contributed by atoms with E-state index >= 15 is 0 Å². The molecule has 1 heterocycles. The van der Waals surface area contributed by atoms with E-state index in [1.165, 1.54) is 75.7 Å². The first-order chi connectivity index (χ1) is 15.5. The van der Waals surface area contributed by atoms with Crippen LogP contribution in [0.25, 0.3) is 0 Å². The fraction of sp³-hybridized carbons (Fsp3) is 0.586. The fourth-order valence-electron chi connectivity index (χ4n) is 6.69. The molecule has 2 aromatic rings. The van der Waals surface area contributed by atoms with Crippen LogP contribution in [0.3, 0.4) is 0 Å². The lowest BCUT2D eigenvalue weighted by molar-refractivity contribution is -0.0261. The quantitative estimate of drug-likeness (QED) is 0.455. The van der Waals surface area contributed by atoms with Gasteiger partial charge < -0.3 is 10.0 Å². The minimum atomic E-state index is 0. The molecule has 2 saturated carbocycles. The molecule has 1 saturated heterocycles. The second-order valence-corrected chi connectivity index (χ2v) is 11.0. The average Bonchev–Trinajstić information content (AvgIpc) is 3.62. The van der Waals surface area contributed by atoms with Crippen molar-refractivity contribution in [2.75, 3.05) is 26.7 Å². The van der Waals surface area contributed by atoms with Gasteiger partial charge in [0, 0.05) is 30.6 Å². The minimum absolute atomic E-state index is 0. The van der Waals surface area contributed by atoms with Crippen molar-refractivity contribution in [3.63, 3.8) is 0 Å². The first-order valence-electron chi connectivity index (χ1n) is 12.8. The number of piperidine rings is 1. The Hall–Kier alpha value is -1.26. The second-order valence-electron chi connectivity index (χ2n) is 11.0. The van der Waals surface area contributed by atoms with Crippen LogP contribution in [-0.2, 0) is 11.8 Å². The summed E-state index contributed by atoms with van der Waals surface area (Å²) in [6, 6.07) is 20.4. The Bertz CT molecular complexity index is 906. The number of likely N-dealkylation sites (tertiary alicyclic amines) is 1. The van der Waals surface area contributed by atoms with Crippen LogP contribution >= 0.6 is 24.8 Å². The van der Waals surface area contributed by atoms with Gasteiger partial charge in [0.1, 0.15) is 5.75 Å². The second kappa shape index (κ2) is 11.6. The Morgan fingerprint density at radius 2 is 1.79 bits per heavy atom. The maximum absolute atomic E-state index is 10.3. The van der Waals surface area contributed by atoms with E-state index in [2.05, 4.69) is 66.2 Å². The fourth-order valence-corrected chi connectivity index (χ4v) is 6.69. The number of halogens is 2. The van der Waals surface area contributed by atoms with E-state index in [9.17, 15) is 5.11 Å². The van der Waals surface area contributed by atoms with E-state index < -0.39 is 0 Å². The topological polar surface area (TPSA) is 26.7 Å². The van der Waals surface area contributed by atoms with E-state index in [0.29, 0.717) is 23.8 Å². The van der Waals surface area contributed by atoms with Gasteiger partial charge in [-0.15, -0.1) is 24.8 Å². The standard InChI is InChI=1S/C29H40N2O.2ClH/c1-22-20-31(15-7-10-23-8-4-3-5-9-23)27-17-26(30(2)21-24-13-14-24)18-29(22,19-27)25-11-6-12-28(32)16-25;;/h3-6,8-9,11-12,16,22,24,26-27,32H,7,10,13-15,17-21H2,1-2H3;2*1H/t22-,26+,27+,29+;;/m1../s1. The molecule has 2 aromatic carbocycles. The predicted octanol–water partition coefficient (Wildman–Crippen LogP) is 6.32. The van der Waals surface area contributed by atoms with Crippen LogP contribution in [-0.4, -0.2) is 53.7 Å². The summed E-state index contributed by atoms with van der Waals surface area (Å²) >= 11 is 0. The molecule has 0 aromatic heterocycles. The zero-order valence-electron chi connectivity index (χ0n) is 20.7. The Balaban J connectivity index is 0.00000162. The van der Waals surface area contributed by atoms with Gasteiger partial charge in [0.2, 0.25) is 0 Å². The number of rotatable bonds is 8. The molecule has 4 atom stereocenters. The number of aryl methyl sites for hydroxylation is 1. The van der Waals surface area contributed by atoms with Crippen molar-refractivity contribution in [1.29, 1.82) is 0 Å². The number of phenols is 1. The van der Waals surface area contributed by atoms with Crippen molar-refractivity contribution in [1.82, 2.24) is 9.80 Å². The largest absolute Gasteiger partial charge is 0.508 e. The number of fused-ring (bicyclic) bond motifs is 2. The SMILES string of the molecule is C[C@@H]1CN(CCCc2ccccc2)[C@H]2C[C@H](N(C)CC3CC3)C[C@]1(c1cccc(O)c1)C2.Cl.Cl. The lowest BCUT2D eigenvalue weighted by Crippen LogP contribution is -2.61. The van der Waals surface area contributed by atoms with Crippen LogP contribution in [0.5, 0.6) is 5.75 Å². The Morgan fingerprint density at radius 3 is 2.50 bits per heavy atom. The molecule has 1 N–H and O–H groups in total. The van der Waals surface area contributed by atoms with Crippen molar-refractivity contribution in [2.45, 2.75) is 69.4 Å². The summed E-state index contributed by atoms with van der Waals surface area (Å²) in [7, 11) is 2.37. The number of aromatic hydroxyl groups is 1. The third kappa shape index (κ3) is 5.93. The molecule has 0 radical (unpaired) electrons. The lowest BCUT2D eigenvalue weighted by Gasteiger charge is -2.58. The zero-order valence-corrected chi connectivity index (χ0v) is 22.4. The highest BCUT2D eigenvalue weighted by molar-refractivity contribution is 5.85. The highest BCUT2D eigenvalue weighted by atomic mass is 35.5. The summed E-state index contributed by atoms with van der Waals surface area (Å²) in [5.41, 5.74) is 3.00. The predicted molar refractivity (Wildman–Crippen MR) is 147 cm³/mol. The van der Waals surface area contributed by atoms with Gasteiger partial charge in [0.25, 0.3) is 0 Å². The van der Waals surface area contributed by atoms with Gasteiger partial charge in [-0.1, -0.05) is 49.4 Å². The van der Waals surface area contributed by atoms with Gasteiger partial charge in [-0.25, -0.2) is 0 Å². The van der Waals surface area contributed by atoms with Crippen molar-refractivity contribution in [2.24, 2.45) is 11.8 Å². The van der Waals surface area contributed by atoms with Crippen LogP contribution < -0.4 is 0 Å². The van der Waals surface area contributed by atoms with E-state index in [1.807, 2.05) is 12.1 Å². The summed E-state index contributed by atoms with van der Waals surface area (Å²) in [5.74, 6) is 1.94. The zero-order chi connectivity index (χ0) is 22.1. The van der Waals surface area contributed by atoms with Gasteiger partial charge in [0.05, 0.1) is 0 Å². The first kappa shape index (κ1) is 27.3. The van der Waals surface area contributed by atoms with Crippen LogP contribution in [0.15, 0.2) is 54.6 Å². The lowest BCUT2D eigenvalue weighted by atomic mass is 9.57. The van der Waals surface area contributed by atoms with E-state index in [4.69, 9.17) is 0 Å². The van der Waals surface area contributed by atoms with Gasteiger partial charge in [-0.2, -0.15) is 0 Å². The minimum Gasteiger partial charge on any atom is -0.508 e. The van der Waals surface area contributed by atoms with Crippen LogP contribution in [0, 0.1) is 11.8 Å². The van der Waals surface area contributed by atoms with Crippen molar-refractivity contribution >= 4 is 24.8 Å². The number of hydrogen-bond acceptors (Lipinski definition) is 3. The Labute approximate surface area is 218 Å². The summed E-state index contributed by atoms with van der Waals surface area (Å²) in [4.78, 5) is 5.49. The number of nitrogens with zero attached hydrogens (tertiary/aromatic N) is 2. The number of benzene rings is 2. The molecule has 3 aliphatic rings. The maximum Gasteiger partial charge on any atom is 0.115 e. The van der Waals surface area contributed by atoms with Gasteiger partial charge in [-0.05, 0) is 93.6 Å². The van der Waals surface area contributed by atoms with Gasteiger partial charge in [0.15, 0.2) is 0 Å². The molecule has 0 amide bonds. The van der Waals surface area contributed by atoms with E-state index in [-0.39, 0.29) is 30.2 Å². The van der Waals surface area contributed by atoms with Gasteiger partial charge >= 0.3 is 0 Å². The van der Waals surface area contributed by atoms with Gasteiger partial charge in [-0.3, -0.25) is 4.90 Å². The molecule has 3 nitrogen and oxygen atoms in total. The number of hydrogen-bond donors (Lipinski definition) is 1. The smallest absolute Gasteiger partial charge is 0.115 e. The molecule has 2 aliphatic carbocycles. The Kier molecular flexibility index (Phi) is 9.36. The van der Waals surface area contributed by atoms with Crippen LogP contribution in [0.2, 0.25) is 0 Å². The molecule has 5 rings (SSSR count). The molecule has 3 fully saturated rings.